The monoisotopic (exact) mass is 290 g/mol. The predicted octanol–water partition coefficient (Wildman–Crippen LogP) is 3.55. The highest BCUT2D eigenvalue weighted by Gasteiger charge is 2.05. The Morgan fingerprint density at radius 2 is 1.95 bits per heavy atom. The van der Waals surface area contributed by atoms with Gasteiger partial charge in [-0.2, -0.15) is 5.10 Å². The predicted molar refractivity (Wildman–Crippen MR) is 77.6 cm³/mol. The third-order valence-corrected chi connectivity index (χ3v) is 3.00. The summed E-state index contributed by atoms with van der Waals surface area (Å²) in [5.41, 5.74) is 4.00. The van der Waals surface area contributed by atoms with Crippen molar-refractivity contribution in [2.24, 2.45) is 5.10 Å². The fraction of sp³-hybridized carbons (Fsp3) is 0.0667. The summed E-state index contributed by atoms with van der Waals surface area (Å²) in [4.78, 5) is 11.8. The van der Waals surface area contributed by atoms with E-state index in [4.69, 9.17) is 11.6 Å². The van der Waals surface area contributed by atoms with Crippen molar-refractivity contribution in [3.05, 3.63) is 70.0 Å². The summed E-state index contributed by atoms with van der Waals surface area (Å²) < 4.78 is 13.5. The van der Waals surface area contributed by atoms with Gasteiger partial charge in [0.15, 0.2) is 0 Å². The Balaban J connectivity index is 2.06. The second-order valence-electron chi connectivity index (χ2n) is 4.20. The number of aryl methyl sites for hydroxylation is 1. The zero-order chi connectivity index (χ0) is 14.5. The molecule has 20 heavy (non-hydrogen) atoms. The van der Waals surface area contributed by atoms with Crippen molar-refractivity contribution < 1.29 is 9.18 Å². The molecule has 0 aromatic heterocycles. The molecule has 0 aliphatic carbocycles. The lowest BCUT2D eigenvalue weighted by atomic mass is 10.1. The van der Waals surface area contributed by atoms with Crippen LogP contribution in [-0.2, 0) is 0 Å². The normalized spacial score (nSPS) is 10.8. The van der Waals surface area contributed by atoms with Crippen molar-refractivity contribution in [2.75, 3.05) is 0 Å². The number of nitrogens with zero attached hydrogens (tertiary/aromatic N) is 1. The Morgan fingerprint density at radius 1 is 1.25 bits per heavy atom. The second-order valence-corrected chi connectivity index (χ2v) is 4.61. The molecule has 2 rings (SSSR count). The maximum atomic E-state index is 13.5. The van der Waals surface area contributed by atoms with Crippen LogP contribution in [0.4, 0.5) is 4.39 Å². The van der Waals surface area contributed by atoms with E-state index in [1.807, 2.05) is 19.1 Å². The number of benzene rings is 2. The Morgan fingerprint density at radius 3 is 2.60 bits per heavy atom. The zero-order valence-corrected chi connectivity index (χ0v) is 11.5. The minimum absolute atomic E-state index is 0.137. The van der Waals surface area contributed by atoms with Gasteiger partial charge in [-0.1, -0.05) is 35.4 Å². The first-order valence-corrected chi connectivity index (χ1v) is 6.30. The maximum Gasteiger partial charge on any atom is 0.271 e. The average Bonchev–Trinajstić information content (AvgIpc) is 2.42. The molecule has 102 valence electrons. The SMILES string of the molecule is Cc1ccc(C(=O)NN=Cc2c(F)cccc2Cl)cc1. The largest absolute Gasteiger partial charge is 0.271 e. The van der Waals surface area contributed by atoms with Gasteiger partial charge in [-0.3, -0.25) is 4.79 Å². The topological polar surface area (TPSA) is 41.5 Å². The molecule has 2 aromatic rings. The van der Waals surface area contributed by atoms with E-state index >= 15 is 0 Å². The van der Waals surface area contributed by atoms with Gasteiger partial charge in [-0.25, -0.2) is 9.82 Å². The van der Waals surface area contributed by atoms with Crippen LogP contribution in [-0.4, -0.2) is 12.1 Å². The number of hydrazone groups is 1. The van der Waals surface area contributed by atoms with Gasteiger partial charge in [-0.05, 0) is 31.2 Å². The van der Waals surface area contributed by atoms with Gasteiger partial charge < -0.3 is 0 Å². The van der Waals surface area contributed by atoms with Crippen LogP contribution < -0.4 is 5.43 Å². The highest BCUT2D eigenvalue weighted by atomic mass is 35.5. The Hall–Kier alpha value is -2.20. The molecule has 2 aromatic carbocycles. The summed E-state index contributed by atoms with van der Waals surface area (Å²) in [5.74, 6) is -0.862. The molecule has 0 saturated carbocycles. The van der Waals surface area contributed by atoms with Gasteiger partial charge in [0.1, 0.15) is 5.82 Å². The van der Waals surface area contributed by atoms with Crippen molar-refractivity contribution in [2.45, 2.75) is 6.92 Å². The van der Waals surface area contributed by atoms with E-state index < -0.39 is 5.82 Å². The standard InChI is InChI=1S/C15H12ClFN2O/c1-10-5-7-11(8-6-10)15(20)19-18-9-12-13(16)3-2-4-14(12)17/h2-9H,1H3,(H,19,20). The van der Waals surface area contributed by atoms with E-state index in [0.717, 1.165) is 5.56 Å². The molecule has 0 saturated heterocycles. The molecular weight excluding hydrogens is 279 g/mol. The fourth-order valence-electron chi connectivity index (χ4n) is 1.56. The number of nitrogens with one attached hydrogen (secondary N) is 1. The van der Waals surface area contributed by atoms with Crippen LogP contribution in [0.25, 0.3) is 0 Å². The van der Waals surface area contributed by atoms with Crippen LogP contribution in [0.1, 0.15) is 21.5 Å². The lowest BCUT2D eigenvalue weighted by Gasteiger charge is -2.01. The Labute approximate surface area is 121 Å². The molecule has 0 unspecified atom stereocenters. The van der Waals surface area contributed by atoms with Gasteiger partial charge in [0.05, 0.1) is 11.2 Å². The molecule has 5 heteroatoms. The van der Waals surface area contributed by atoms with Crippen LogP contribution in [0.5, 0.6) is 0 Å². The molecule has 0 bridgehead atoms. The van der Waals surface area contributed by atoms with Gasteiger partial charge in [0.25, 0.3) is 5.91 Å². The molecule has 0 aliphatic heterocycles. The first-order valence-electron chi connectivity index (χ1n) is 5.92. The number of halogens is 2. The molecule has 0 spiro atoms. The third kappa shape index (κ3) is 3.42. The van der Waals surface area contributed by atoms with Crippen molar-refractivity contribution in [3.63, 3.8) is 0 Å². The summed E-state index contributed by atoms with van der Waals surface area (Å²) in [7, 11) is 0. The molecule has 1 N–H and O–H groups in total. The number of hydrogen-bond acceptors (Lipinski definition) is 2. The minimum Gasteiger partial charge on any atom is -0.267 e. The van der Waals surface area contributed by atoms with Gasteiger partial charge in [0.2, 0.25) is 0 Å². The van der Waals surface area contributed by atoms with E-state index in [9.17, 15) is 9.18 Å². The van der Waals surface area contributed by atoms with E-state index in [1.54, 1.807) is 18.2 Å². The molecule has 0 aliphatic rings. The van der Waals surface area contributed by atoms with Crippen molar-refractivity contribution in [1.82, 2.24) is 5.43 Å². The zero-order valence-electron chi connectivity index (χ0n) is 10.7. The number of carbonyl (C=O) groups is 1. The molecule has 0 heterocycles. The number of rotatable bonds is 3. The van der Waals surface area contributed by atoms with Crippen molar-refractivity contribution >= 4 is 23.7 Å². The smallest absolute Gasteiger partial charge is 0.267 e. The Bertz CT molecular complexity index is 633. The van der Waals surface area contributed by atoms with Crippen molar-refractivity contribution in [1.29, 1.82) is 0 Å². The maximum absolute atomic E-state index is 13.5. The summed E-state index contributed by atoms with van der Waals surface area (Å²) in [6.07, 6.45) is 1.18. The molecule has 0 radical (unpaired) electrons. The van der Waals surface area contributed by atoms with Gasteiger partial charge in [-0.15, -0.1) is 0 Å². The number of hydrogen-bond donors (Lipinski definition) is 1. The third-order valence-electron chi connectivity index (χ3n) is 2.67. The van der Waals surface area contributed by atoms with E-state index in [2.05, 4.69) is 10.5 Å². The molecule has 0 atom stereocenters. The van der Waals surface area contributed by atoms with Crippen LogP contribution in [0, 0.1) is 12.7 Å². The summed E-state index contributed by atoms with van der Waals surface area (Å²) in [6, 6.07) is 11.4. The van der Waals surface area contributed by atoms with E-state index in [1.165, 1.54) is 18.3 Å². The van der Waals surface area contributed by atoms with Gasteiger partial charge in [0, 0.05) is 11.1 Å². The second kappa shape index (κ2) is 6.30. The summed E-state index contributed by atoms with van der Waals surface area (Å²) >= 11 is 5.84. The lowest BCUT2D eigenvalue weighted by molar-refractivity contribution is 0.0955. The van der Waals surface area contributed by atoms with Crippen LogP contribution >= 0.6 is 11.6 Å². The van der Waals surface area contributed by atoms with Crippen LogP contribution in [0.2, 0.25) is 5.02 Å². The minimum atomic E-state index is -0.495. The number of amides is 1. The highest BCUT2D eigenvalue weighted by molar-refractivity contribution is 6.33. The van der Waals surface area contributed by atoms with Crippen LogP contribution in [0.15, 0.2) is 47.6 Å². The molecular formula is C15H12ClFN2O. The van der Waals surface area contributed by atoms with E-state index in [-0.39, 0.29) is 16.5 Å². The lowest BCUT2D eigenvalue weighted by Crippen LogP contribution is -2.17. The fourth-order valence-corrected chi connectivity index (χ4v) is 1.77. The summed E-state index contributed by atoms with van der Waals surface area (Å²) in [6.45, 7) is 1.93. The van der Waals surface area contributed by atoms with E-state index in [0.29, 0.717) is 5.56 Å². The Kier molecular flexibility index (Phi) is 4.48. The summed E-state index contributed by atoms with van der Waals surface area (Å²) in [5, 5.41) is 3.95. The van der Waals surface area contributed by atoms with Gasteiger partial charge >= 0.3 is 0 Å². The quantitative estimate of drug-likeness (QED) is 0.681. The first-order chi connectivity index (χ1) is 9.58. The highest BCUT2D eigenvalue weighted by Crippen LogP contribution is 2.16. The average molecular weight is 291 g/mol. The first kappa shape index (κ1) is 14.2. The van der Waals surface area contributed by atoms with Crippen molar-refractivity contribution in [3.8, 4) is 0 Å². The number of carbonyl (C=O) groups excluding carboxylic acids is 1. The molecule has 3 nitrogen and oxygen atoms in total. The molecule has 1 amide bonds. The molecule has 0 fully saturated rings. The van der Waals surface area contributed by atoms with Crippen LogP contribution in [0.3, 0.4) is 0 Å².